The Balaban J connectivity index is 1.57. The Morgan fingerprint density at radius 2 is 1.47 bits per heavy atom. The average Bonchev–Trinajstić information content (AvgIpc) is 2.76. The molecule has 1 saturated heterocycles. The summed E-state index contributed by atoms with van der Waals surface area (Å²) in [6.07, 6.45) is 0.750. The van der Waals surface area contributed by atoms with E-state index < -0.39 is 21.9 Å². The molecule has 0 amide bonds. The van der Waals surface area contributed by atoms with Crippen molar-refractivity contribution in [1.82, 2.24) is 4.31 Å². The molecule has 1 aliphatic rings. The predicted molar refractivity (Wildman–Crippen MR) is 123 cm³/mol. The van der Waals surface area contributed by atoms with Gasteiger partial charge in [0.25, 0.3) is 0 Å². The van der Waals surface area contributed by atoms with Gasteiger partial charge < -0.3 is 4.74 Å². The third-order valence-electron chi connectivity index (χ3n) is 6.39. The topological polar surface area (TPSA) is 80.8 Å². The molecule has 0 atom stereocenters. The molecule has 0 bridgehead atoms. The van der Waals surface area contributed by atoms with Crippen molar-refractivity contribution in [2.45, 2.75) is 52.4 Å². The normalized spacial score (nSPS) is 15.5. The van der Waals surface area contributed by atoms with Crippen molar-refractivity contribution < 1.29 is 22.7 Å². The Morgan fingerprint density at radius 1 is 0.875 bits per heavy atom. The molecule has 0 unspecified atom stereocenters. The van der Waals surface area contributed by atoms with Crippen molar-refractivity contribution in [3.8, 4) is 0 Å². The van der Waals surface area contributed by atoms with Crippen molar-refractivity contribution in [2.75, 3.05) is 19.7 Å². The second kappa shape index (κ2) is 9.55. The maximum absolute atomic E-state index is 12.9. The first-order valence-electron chi connectivity index (χ1n) is 10.9. The van der Waals surface area contributed by atoms with Gasteiger partial charge in [-0.1, -0.05) is 12.1 Å². The van der Waals surface area contributed by atoms with Crippen LogP contribution in [-0.2, 0) is 19.6 Å². The fraction of sp³-hybridized carbons (Fsp3) is 0.440. The number of piperidine rings is 1. The molecule has 2 aromatic carbocycles. The fourth-order valence-corrected chi connectivity index (χ4v) is 5.50. The fourth-order valence-electron chi connectivity index (χ4n) is 3.95. The van der Waals surface area contributed by atoms with Crippen molar-refractivity contribution in [1.29, 1.82) is 0 Å². The molecule has 6 nitrogen and oxygen atoms in total. The van der Waals surface area contributed by atoms with Crippen LogP contribution in [0.4, 0.5) is 0 Å². The van der Waals surface area contributed by atoms with Crippen molar-refractivity contribution in [2.24, 2.45) is 5.92 Å². The Labute approximate surface area is 190 Å². The van der Waals surface area contributed by atoms with Crippen molar-refractivity contribution >= 4 is 21.8 Å². The molecule has 0 aliphatic carbocycles. The van der Waals surface area contributed by atoms with Gasteiger partial charge in [0.2, 0.25) is 15.8 Å². The minimum atomic E-state index is -3.60. The SMILES string of the molecule is Cc1ccc(S(=O)(=O)N2CCC(C(=O)OCC(=O)c3cc(C)c(C)cc3C)CC2)cc1C. The summed E-state index contributed by atoms with van der Waals surface area (Å²) >= 11 is 0. The Morgan fingerprint density at radius 3 is 2.09 bits per heavy atom. The number of esters is 1. The molecule has 0 N–H and O–H groups in total. The maximum atomic E-state index is 12.9. The summed E-state index contributed by atoms with van der Waals surface area (Å²) in [7, 11) is -3.60. The maximum Gasteiger partial charge on any atom is 0.309 e. The third kappa shape index (κ3) is 5.10. The number of ether oxygens (including phenoxy) is 1. The van der Waals surface area contributed by atoms with E-state index in [2.05, 4.69) is 0 Å². The van der Waals surface area contributed by atoms with Crippen LogP contribution < -0.4 is 0 Å². The van der Waals surface area contributed by atoms with Crippen LogP contribution in [-0.4, -0.2) is 44.2 Å². The Bertz CT molecular complexity index is 1150. The molecule has 2 aromatic rings. The number of benzene rings is 2. The van der Waals surface area contributed by atoms with Gasteiger partial charge in [-0.25, -0.2) is 8.42 Å². The quantitative estimate of drug-likeness (QED) is 0.483. The van der Waals surface area contributed by atoms with E-state index in [0.717, 1.165) is 27.8 Å². The summed E-state index contributed by atoms with van der Waals surface area (Å²) in [5.74, 6) is -1.08. The summed E-state index contributed by atoms with van der Waals surface area (Å²) in [4.78, 5) is 25.3. The largest absolute Gasteiger partial charge is 0.457 e. The molecule has 0 radical (unpaired) electrons. The molecule has 0 saturated carbocycles. The molecule has 1 heterocycles. The Hall–Kier alpha value is -2.51. The average molecular weight is 458 g/mol. The molecule has 172 valence electrons. The first-order chi connectivity index (χ1) is 15.0. The summed E-state index contributed by atoms with van der Waals surface area (Å²) < 4.78 is 32.6. The van der Waals surface area contributed by atoms with Crippen LogP contribution in [0.1, 0.15) is 51.0 Å². The molecule has 0 spiro atoms. The molecule has 1 aliphatic heterocycles. The molecular weight excluding hydrogens is 426 g/mol. The minimum absolute atomic E-state index is 0.228. The number of rotatable bonds is 6. The van der Waals surface area contributed by atoms with Crippen LogP contribution >= 0.6 is 0 Å². The standard InChI is InChI=1S/C25H31NO5S/c1-16-6-7-22(13-18(16)3)32(29,30)26-10-8-21(9-11-26)25(28)31-15-24(27)23-14-19(4)17(2)12-20(23)5/h6-7,12-14,21H,8-11,15H2,1-5H3. The molecule has 0 aromatic heterocycles. The van der Waals surface area contributed by atoms with Crippen LogP contribution in [0.2, 0.25) is 0 Å². The van der Waals surface area contributed by atoms with Gasteiger partial charge in [-0.3, -0.25) is 9.59 Å². The van der Waals surface area contributed by atoms with Crippen LogP contribution in [0.3, 0.4) is 0 Å². The van der Waals surface area contributed by atoms with E-state index >= 15 is 0 Å². The molecule has 7 heteroatoms. The van der Waals surface area contributed by atoms with Gasteiger partial charge in [-0.2, -0.15) is 4.31 Å². The third-order valence-corrected chi connectivity index (χ3v) is 8.28. The highest BCUT2D eigenvalue weighted by Gasteiger charge is 2.33. The van der Waals surface area contributed by atoms with E-state index in [0.29, 0.717) is 18.4 Å². The lowest BCUT2D eigenvalue weighted by Gasteiger charge is -2.30. The highest BCUT2D eigenvalue weighted by atomic mass is 32.2. The number of carbonyl (C=O) groups excluding carboxylic acids is 2. The molecule has 3 rings (SSSR count). The summed E-state index contributed by atoms with van der Waals surface area (Å²) in [6, 6.07) is 8.90. The van der Waals surface area contributed by atoms with Gasteiger partial charge in [0.1, 0.15) is 0 Å². The van der Waals surface area contributed by atoms with E-state index in [1.165, 1.54) is 4.31 Å². The van der Waals surface area contributed by atoms with Crippen LogP contribution in [0.15, 0.2) is 35.2 Å². The lowest BCUT2D eigenvalue weighted by molar-refractivity contribution is -0.148. The lowest BCUT2D eigenvalue weighted by atomic mass is 9.97. The zero-order chi connectivity index (χ0) is 23.6. The monoisotopic (exact) mass is 457 g/mol. The number of Topliss-reactive ketones (excluding diaryl/α,β-unsaturated/α-hetero) is 1. The van der Waals surface area contributed by atoms with E-state index in [1.54, 1.807) is 18.2 Å². The van der Waals surface area contributed by atoms with Crippen LogP contribution in [0.5, 0.6) is 0 Å². The highest BCUT2D eigenvalue weighted by Crippen LogP contribution is 2.26. The second-order valence-electron chi connectivity index (χ2n) is 8.71. The van der Waals surface area contributed by atoms with E-state index in [1.807, 2.05) is 46.8 Å². The van der Waals surface area contributed by atoms with Gasteiger partial charge in [0.05, 0.1) is 10.8 Å². The minimum Gasteiger partial charge on any atom is -0.457 e. The van der Waals surface area contributed by atoms with Gasteiger partial charge in [0.15, 0.2) is 6.61 Å². The van der Waals surface area contributed by atoms with Crippen molar-refractivity contribution in [3.05, 3.63) is 63.7 Å². The highest BCUT2D eigenvalue weighted by molar-refractivity contribution is 7.89. The number of hydrogen-bond donors (Lipinski definition) is 0. The number of hydrogen-bond acceptors (Lipinski definition) is 5. The second-order valence-corrected chi connectivity index (χ2v) is 10.6. The predicted octanol–water partition coefficient (Wildman–Crippen LogP) is 4.06. The first kappa shape index (κ1) is 24.1. The smallest absolute Gasteiger partial charge is 0.309 e. The number of aryl methyl sites for hydroxylation is 5. The molecule has 32 heavy (non-hydrogen) atoms. The zero-order valence-electron chi connectivity index (χ0n) is 19.4. The van der Waals surface area contributed by atoms with E-state index in [-0.39, 0.29) is 30.4 Å². The first-order valence-corrected chi connectivity index (χ1v) is 12.3. The molecular formula is C25H31NO5S. The summed E-state index contributed by atoms with van der Waals surface area (Å²) in [5, 5.41) is 0. The van der Waals surface area contributed by atoms with Gasteiger partial charge in [0, 0.05) is 18.7 Å². The van der Waals surface area contributed by atoms with Gasteiger partial charge in [-0.05, 0) is 93.5 Å². The number of sulfonamides is 1. The lowest BCUT2D eigenvalue weighted by Crippen LogP contribution is -2.40. The number of nitrogens with zero attached hydrogens (tertiary/aromatic N) is 1. The van der Waals surface area contributed by atoms with E-state index in [4.69, 9.17) is 4.74 Å². The van der Waals surface area contributed by atoms with Crippen LogP contribution in [0, 0.1) is 40.5 Å². The summed E-state index contributed by atoms with van der Waals surface area (Å²) in [5.41, 5.74) is 5.51. The summed E-state index contributed by atoms with van der Waals surface area (Å²) in [6.45, 7) is 9.82. The number of carbonyl (C=O) groups is 2. The molecule has 1 fully saturated rings. The van der Waals surface area contributed by atoms with E-state index in [9.17, 15) is 18.0 Å². The van der Waals surface area contributed by atoms with Gasteiger partial charge >= 0.3 is 5.97 Å². The van der Waals surface area contributed by atoms with Gasteiger partial charge in [-0.15, -0.1) is 0 Å². The van der Waals surface area contributed by atoms with Crippen molar-refractivity contribution in [3.63, 3.8) is 0 Å². The van der Waals surface area contributed by atoms with Crippen LogP contribution in [0.25, 0.3) is 0 Å². The number of ketones is 1. The Kier molecular flexibility index (Phi) is 7.20. The zero-order valence-corrected chi connectivity index (χ0v) is 20.2.